The van der Waals surface area contributed by atoms with Crippen molar-refractivity contribution in [2.75, 3.05) is 0 Å². The van der Waals surface area contributed by atoms with Crippen molar-refractivity contribution in [1.29, 1.82) is 0 Å². The molecule has 88 valence electrons. The average Bonchev–Trinajstić information content (AvgIpc) is 2.59. The molecular formula is C11H18N4O. The number of hydrogen-bond acceptors (Lipinski definition) is 3. The molecule has 1 fully saturated rings. The van der Waals surface area contributed by atoms with Crippen molar-refractivity contribution in [3.05, 3.63) is 18.0 Å². The van der Waals surface area contributed by atoms with Crippen LogP contribution in [0.4, 0.5) is 0 Å². The summed E-state index contributed by atoms with van der Waals surface area (Å²) in [4.78, 5) is 11.6. The van der Waals surface area contributed by atoms with Gasteiger partial charge in [-0.3, -0.25) is 9.48 Å². The van der Waals surface area contributed by atoms with Crippen molar-refractivity contribution in [1.82, 2.24) is 15.1 Å². The fourth-order valence-electron chi connectivity index (χ4n) is 1.95. The van der Waals surface area contributed by atoms with Gasteiger partial charge in [-0.2, -0.15) is 5.10 Å². The Morgan fingerprint density at radius 1 is 1.69 bits per heavy atom. The van der Waals surface area contributed by atoms with Gasteiger partial charge in [0.25, 0.3) is 0 Å². The van der Waals surface area contributed by atoms with Gasteiger partial charge in [0.15, 0.2) is 0 Å². The first-order chi connectivity index (χ1) is 7.57. The van der Waals surface area contributed by atoms with Gasteiger partial charge < -0.3 is 11.1 Å². The quantitative estimate of drug-likeness (QED) is 0.770. The van der Waals surface area contributed by atoms with Crippen LogP contribution in [0.1, 0.15) is 31.2 Å². The molecule has 0 bridgehead atoms. The summed E-state index contributed by atoms with van der Waals surface area (Å²) in [5.74, 6) is 0.0334. The maximum absolute atomic E-state index is 11.6. The van der Waals surface area contributed by atoms with Crippen molar-refractivity contribution in [3.8, 4) is 0 Å². The van der Waals surface area contributed by atoms with Gasteiger partial charge in [-0.1, -0.05) is 0 Å². The Labute approximate surface area is 95.0 Å². The normalized spacial score (nSPS) is 17.9. The second kappa shape index (κ2) is 4.25. The molecule has 0 unspecified atom stereocenters. The Bertz CT molecular complexity index is 381. The minimum absolute atomic E-state index is 0.0334. The monoisotopic (exact) mass is 222 g/mol. The molecule has 5 heteroatoms. The molecule has 1 heterocycles. The number of carbonyl (C=O) groups is 1. The number of nitrogens with two attached hydrogens (primary N) is 1. The summed E-state index contributed by atoms with van der Waals surface area (Å²) < 4.78 is 1.72. The molecule has 1 aromatic heterocycles. The summed E-state index contributed by atoms with van der Waals surface area (Å²) in [6, 6.07) is 0. The van der Waals surface area contributed by atoms with Crippen LogP contribution in [0.3, 0.4) is 0 Å². The average molecular weight is 222 g/mol. The molecule has 0 saturated heterocycles. The Morgan fingerprint density at radius 2 is 2.44 bits per heavy atom. The first-order valence-electron chi connectivity index (χ1n) is 5.61. The molecule has 1 amide bonds. The van der Waals surface area contributed by atoms with E-state index in [2.05, 4.69) is 10.4 Å². The highest BCUT2D eigenvalue weighted by atomic mass is 16.1. The third-order valence-corrected chi connectivity index (χ3v) is 3.11. The maximum Gasteiger partial charge on any atom is 0.222 e. The van der Waals surface area contributed by atoms with Crippen LogP contribution in [-0.2, 0) is 18.4 Å². The predicted molar refractivity (Wildman–Crippen MR) is 60.4 cm³/mol. The lowest BCUT2D eigenvalue weighted by Gasteiger charge is -2.37. The Morgan fingerprint density at radius 3 is 2.94 bits per heavy atom. The number of hydrogen-bond donors (Lipinski definition) is 2. The van der Waals surface area contributed by atoms with Gasteiger partial charge >= 0.3 is 0 Å². The van der Waals surface area contributed by atoms with Gasteiger partial charge in [-0.05, 0) is 19.3 Å². The van der Waals surface area contributed by atoms with Crippen LogP contribution in [-0.4, -0.2) is 21.2 Å². The van der Waals surface area contributed by atoms with Gasteiger partial charge in [0.1, 0.15) is 0 Å². The fourth-order valence-corrected chi connectivity index (χ4v) is 1.95. The SMILES string of the molecule is Cn1cc(CNC(=O)CC2(N)CCC2)cn1. The smallest absolute Gasteiger partial charge is 0.222 e. The molecule has 0 atom stereocenters. The van der Waals surface area contributed by atoms with Crippen LogP contribution < -0.4 is 11.1 Å². The number of nitrogens with one attached hydrogen (secondary N) is 1. The molecule has 1 aromatic rings. The highest BCUT2D eigenvalue weighted by molar-refractivity contribution is 5.77. The van der Waals surface area contributed by atoms with E-state index in [4.69, 9.17) is 5.73 Å². The standard InChI is InChI=1S/C11H18N4O/c1-15-8-9(7-14-15)6-13-10(16)5-11(12)3-2-4-11/h7-8H,2-6,12H2,1H3,(H,13,16). The molecule has 0 spiro atoms. The van der Waals surface area contributed by atoms with Crippen molar-refractivity contribution in [2.24, 2.45) is 12.8 Å². The number of aromatic nitrogens is 2. The molecule has 1 aliphatic carbocycles. The summed E-state index contributed by atoms with van der Waals surface area (Å²) >= 11 is 0. The van der Waals surface area contributed by atoms with Crippen molar-refractivity contribution < 1.29 is 4.79 Å². The van der Waals surface area contributed by atoms with E-state index in [0.29, 0.717) is 13.0 Å². The van der Waals surface area contributed by atoms with Crippen LogP contribution in [0.5, 0.6) is 0 Å². The number of rotatable bonds is 4. The molecule has 3 N–H and O–H groups in total. The van der Waals surface area contributed by atoms with Crippen molar-refractivity contribution in [2.45, 2.75) is 37.8 Å². The van der Waals surface area contributed by atoms with Gasteiger partial charge in [0, 0.05) is 37.3 Å². The first-order valence-corrected chi connectivity index (χ1v) is 5.61. The number of amides is 1. The summed E-state index contributed by atoms with van der Waals surface area (Å²) in [5.41, 5.74) is 6.77. The molecule has 16 heavy (non-hydrogen) atoms. The van der Waals surface area contributed by atoms with Gasteiger partial charge in [0.2, 0.25) is 5.91 Å². The van der Waals surface area contributed by atoms with Crippen LogP contribution in [0, 0.1) is 0 Å². The Hall–Kier alpha value is -1.36. The first kappa shape index (κ1) is 11.1. The highest BCUT2D eigenvalue weighted by Gasteiger charge is 2.34. The predicted octanol–water partition coefficient (Wildman–Crippen LogP) is 0.308. The third-order valence-electron chi connectivity index (χ3n) is 3.11. The second-order valence-electron chi connectivity index (χ2n) is 4.69. The van der Waals surface area contributed by atoms with Crippen LogP contribution in [0.25, 0.3) is 0 Å². The number of aryl methyl sites for hydroxylation is 1. The van der Waals surface area contributed by atoms with E-state index >= 15 is 0 Å². The Balaban J connectivity index is 1.75. The minimum atomic E-state index is -0.237. The third kappa shape index (κ3) is 2.61. The lowest BCUT2D eigenvalue weighted by atomic mass is 9.75. The molecule has 5 nitrogen and oxygen atoms in total. The molecule has 0 aromatic carbocycles. The molecular weight excluding hydrogens is 204 g/mol. The van der Waals surface area contributed by atoms with Crippen LogP contribution in [0.15, 0.2) is 12.4 Å². The van der Waals surface area contributed by atoms with E-state index in [1.165, 1.54) is 0 Å². The Kier molecular flexibility index (Phi) is 2.96. The minimum Gasteiger partial charge on any atom is -0.352 e. The lowest BCUT2D eigenvalue weighted by molar-refractivity contribution is -0.123. The maximum atomic E-state index is 11.6. The van der Waals surface area contributed by atoms with Crippen LogP contribution >= 0.6 is 0 Å². The van der Waals surface area contributed by atoms with E-state index in [1.54, 1.807) is 10.9 Å². The van der Waals surface area contributed by atoms with Crippen LogP contribution in [0.2, 0.25) is 0 Å². The summed E-state index contributed by atoms with van der Waals surface area (Å²) in [6.45, 7) is 0.531. The topological polar surface area (TPSA) is 72.9 Å². The number of nitrogens with zero attached hydrogens (tertiary/aromatic N) is 2. The van der Waals surface area contributed by atoms with Gasteiger partial charge in [0.05, 0.1) is 6.20 Å². The summed E-state index contributed by atoms with van der Waals surface area (Å²) in [7, 11) is 1.86. The van der Waals surface area contributed by atoms with E-state index in [-0.39, 0.29) is 11.4 Å². The van der Waals surface area contributed by atoms with Gasteiger partial charge in [-0.15, -0.1) is 0 Å². The highest BCUT2D eigenvalue weighted by Crippen LogP contribution is 2.31. The molecule has 1 aliphatic rings. The molecule has 1 saturated carbocycles. The molecule has 2 rings (SSSR count). The zero-order chi connectivity index (χ0) is 11.6. The zero-order valence-electron chi connectivity index (χ0n) is 9.57. The molecule has 0 aliphatic heterocycles. The van der Waals surface area contributed by atoms with E-state index in [0.717, 1.165) is 24.8 Å². The second-order valence-corrected chi connectivity index (χ2v) is 4.69. The van der Waals surface area contributed by atoms with Crippen molar-refractivity contribution in [3.63, 3.8) is 0 Å². The van der Waals surface area contributed by atoms with E-state index < -0.39 is 0 Å². The fraction of sp³-hybridized carbons (Fsp3) is 0.636. The summed E-state index contributed by atoms with van der Waals surface area (Å²) in [5, 5.41) is 6.90. The van der Waals surface area contributed by atoms with Crippen molar-refractivity contribution >= 4 is 5.91 Å². The number of carbonyl (C=O) groups excluding carboxylic acids is 1. The van der Waals surface area contributed by atoms with E-state index in [1.807, 2.05) is 13.2 Å². The van der Waals surface area contributed by atoms with Gasteiger partial charge in [-0.25, -0.2) is 0 Å². The zero-order valence-corrected chi connectivity index (χ0v) is 9.57. The van der Waals surface area contributed by atoms with E-state index in [9.17, 15) is 4.79 Å². The lowest BCUT2D eigenvalue weighted by Crippen LogP contribution is -2.49. The largest absolute Gasteiger partial charge is 0.352 e. The summed E-state index contributed by atoms with van der Waals surface area (Å²) in [6.07, 6.45) is 7.16. The molecule has 0 radical (unpaired) electrons.